The number of nitrogens with zero attached hydrogens (tertiary/aromatic N) is 2. The van der Waals surface area contributed by atoms with E-state index in [9.17, 15) is 0 Å². The molecule has 1 aromatic carbocycles. The van der Waals surface area contributed by atoms with Crippen LogP contribution >= 0.6 is 0 Å². The monoisotopic (exact) mass is 287 g/mol. The lowest BCUT2D eigenvalue weighted by molar-refractivity contribution is 0.0529. The van der Waals surface area contributed by atoms with Crippen molar-refractivity contribution < 1.29 is 9.26 Å². The Morgan fingerprint density at radius 3 is 2.81 bits per heavy atom. The first-order valence-corrected chi connectivity index (χ1v) is 7.35. The number of rotatable bonds is 3. The van der Waals surface area contributed by atoms with E-state index in [1.807, 2.05) is 38.1 Å². The molecule has 1 aliphatic heterocycles. The van der Waals surface area contributed by atoms with Crippen molar-refractivity contribution in [3.63, 3.8) is 0 Å². The zero-order valence-electron chi connectivity index (χ0n) is 12.7. The van der Waals surface area contributed by atoms with Gasteiger partial charge in [-0.05, 0) is 26.3 Å². The molecule has 0 fully saturated rings. The number of ether oxygens (including phenoxy) is 1. The lowest BCUT2D eigenvalue weighted by atomic mass is 9.78. The summed E-state index contributed by atoms with van der Waals surface area (Å²) in [7, 11) is 0. The predicted octanol–water partition coefficient (Wildman–Crippen LogP) is 2.79. The Morgan fingerprint density at radius 2 is 2.05 bits per heavy atom. The molecule has 0 saturated carbocycles. The van der Waals surface area contributed by atoms with Gasteiger partial charge in [-0.1, -0.05) is 30.3 Å². The van der Waals surface area contributed by atoms with E-state index in [4.69, 9.17) is 15.0 Å². The minimum absolute atomic E-state index is 0.380. The SMILES string of the molecule is CCCc1nc(C2(N)CC(C)(C)Oc3ccccc32)no1. The van der Waals surface area contributed by atoms with E-state index in [-0.39, 0.29) is 5.60 Å². The highest BCUT2D eigenvalue weighted by Crippen LogP contribution is 2.44. The number of fused-ring (bicyclic) bond motifs is 1. The lowest BCUT2D eigenvalue weighted by Crippen LogP contribution is -2.51. The first kappa shape index (κ1) is 14.1. The average molecular weight is 287 g/mol. The minimum Gasteiger partial charge on any atom is -0.487 e. The van der Waals surface area contributed by atoms with E-state index < -0.39 is 5.54 Å². The summed E-state index contributed by atoms with van der Waals surface area (Å²) in [6, 6.07) is 7.81. The van der Waals surface area contributed by atoms with Gasteiger partial charge in [0.2, 0.25) is 5.89 Å². The number of benzene rings is 1. The quantitative estimate of drug-likeness (QED) is 0.939. The van der Waals surface area contributed by atoms with Crippen LogP contribution in [0.15, 0.2) is 28.8 Å². The average Bonchev–Trinajstić information content (AvgIpc) is 2.87. The molecule has 0 radical (unpaired) electrons. The van der Waals surface area contributed by atoms with E-state index >= 15 is 0 Å². The number of para-hydroxylation sites is 1. The normalized spacial score (nSPS) is 23.4. The van der Waals surface area contributed by atoms with Gasteiger partial charge in [-0.25, -0.2) is 0 Å². The van der Waals surface area contributed by atoms with Gasteiger partial charge in [-0.15, -0.1) is 0 Å². The Labute approximate surface area is 124 Å². The molecule has 1 atom stereocenters. The van der Waals surface area contributed by atoms with Gasteiger partial charge in [0, 0.05) is 18.4 Å². The van der Waals surface area contributed by atoms with Gasteiger partial charge in [0.1, 0.15) is 16.9 Å². The number of aromatic nitrogens is 2. The molecule has 0 amide bonds. The topological polar surface area (TPSA) is 74.2 Å². The molecule has 0 spiro atoms. The van der Waals surface area contributed by atoms with Crippen molar-refractivity contribution in [2.24, 2.45) is 5.73 Å². The molecule has 2 heterocycles. The molecule has 21 heavy (non-hydrogen) atoms. The van der Waals surface area contributed by atoms with Gasteiger partial charge < -0.3 is 15.0 Å². The zero-order valence-corrected chi connectivity index (χ0v) is 12.7. The van der Waals surface area contributed by atoms with Crippen molar-refractivity contribution in [1.82, 2.24) is 10.1 Å². The summed E-state index contributed by atoms with van der Waals surface area (Å²) in [5.74, 6) is 1.96. The molecule has 0 aliphatic carbocycles. The first-order valence-electron chi connectivity index (χ1n) is 7.35. The fraction of sp³-hybridized carbons (Fsp3) is 0.500. The second-order valence-electron chi connectivity index (χ2n) is 6.27. The van der Waals surface area contributed by atoms with Crippen molar-refractivity contribution in [1.29, 1.82) is 0 Å². The molecular formula is C16H21N3O2. The van der Waals surface area contributed by atoms with Crippen LogP contribution in [-0.2, 0) is 12.0 Å². The Kier molecular flexibility index (Phi) is 3.24. The molecule has 0 bridgehead atoms. The Bertz CT molecular complexity index is 650. The molecule has 1 unspecified atom stereocenters. The summed E-state index contributed by atoms with van der Waals surface area (Å²) >= 11 is 0. The van der Waals surface area contributed by atoms with Crippen LogP contribution in [0, 0.1) is 0 Å². The molecule has 0 saturated heterocycles. The fourth-order valence-electron chi connectivity index (χ4n) is 2.98. The Balaban J connectivity index is 2.09. The molecule has 5 heteroatoms. The number of hydrogen-bond acceptors (Lipinski definition) is 5. The second-order valence-corrected chi connectivity index (χ2v) is 6.27. The van der Waals surface area contributed by atoms with Crippen LogP contribution in [-0.4, -0.2) is 15.7 Å². The van der Waals surface area contributed by atoms with Gasteiger partial charge in [0.25, 0.3) is 0 Å². The molecular weight excluding hydrogens is 266 g/mol. The molecule has 3 rings (SSSR count). The first-order chi connectivity index (χ1) is 9.94. The Morgan fingerprint density at radius 1 is 1.29 bits per heavy atom. The van der Waals surface area contributed by atoms with Crippen LogP contribution < -0.4 is 10.5 Å². The summed E-state index contributed by atoms with van der Waals surface area (Å²) in [4.78, 5) is 4.50. The van der Waals surface area contributed by atoms with E-state index in [0.29, 0.717) is 18.1 Å². The van der Waals surface area contributed by atoms with Crippen LogP contribution in [0.2, 0.25) is 0 Å². The van der Waals surface area contributed by atoms with Crippen molar-refractivity contribution in [3.05, 3.63) is 41.5 Å². The standard InChI is InChI=1S/C16H21N3O2/c1-4-7-13-18-14(19-21-13)16(17)10-15(2,3)20-12-9-6-5-8-11(12)16/h5-6,8-9H,4,7,10,17H2,1-3H3. The maximum absolute atomic E-state index is 6.71. The molecule has 1 aliphatic rings. The van der Waals surface area contributed by atoms with Gasteiger partial charge in [-0.3, -0.25) is 0 Å². The van der Waals surface area contributed by atoms with E-state index in [1.54, 1.807) is 0 Å². The van der Waals surface area contributed by atoms with Crippen LogP contribution in [0.1, 0.15) is 50.9 Å². The minimum atomic E-state index is -0.784. The summed E-state index contributed by atoms with van der Waals surface area (Å²) in [6.07, 6.45) is 2.33. The summed E-state index contributed by atoms with van der Waals surface area (Å²) in [5.41, 5.74) is 6.46. The molecule has 1 aromatic heterocycles. The molecule has 2 N–H and O–H groups in total. The highest BCUT2D eigenvalue weighted by molar-refractivity contribution is 5.45. The molecule has 5 nitrogen and oxygen atoms in total. The maximum Gasteiger partial charge on any atom is 0.226 e. The van der Waals surface area contributed by atoms with Crippen LogP contribution in [0.25, 0.3) is 0 Å². The number of hydrogen-bond donors (Lipinski definition) is 1. The summed E-state index contributed by atoms with van der Waals surface area (Å²) in [6.45, 7) is 6.13. The third kappa shape index (κ3) is 2.42. The maximum atomic E-state index is 6.71. The van der Waals surface area contributed by atoms with Crippen molar-refractivity contribution >= 4 is 0 Å². The zero-order chi connectivity index (χ0) is 15.1. The smallest absolute Gasteiger partial charge is 0.226 e. The Hall–Kier alpha value is -1.88. The van der Waals surface area contributed by atoms with Gasteiger partial charge in [0.15, 0.2) is 5.82 Å². The number of aryl methyl sites for hydroxylation is 1. The third-order valence-corrected chi connectivity index (χ3v) is 3.79. The van der Waals surface area contributed by atoms with E-state index in [1.165, 1.54) is 0 Å². The number of nitrogens with two attached hydrogens (primary N) is 1. The van der Waals surface area contributed by atoms with Gasteiger partial charge in [0.05, 0.1) is 0 Å². The van der Waals surface area contributed by atoms with Gasteiger partial charge >= 0.3 is 0 Å². The predicted molar refractivity (Wildman–Crippen MR) is 79.0 cm³/mol. The molecule has 112 valence electrons. The third-order valence-electron chi connectivity index (χ3n) is 3.79. The second kappa shape index (κ2) is 4.84. The lowest BCUT2D eigenvalue weighted by Gasteiger charge is -2.42. The molecule has 2 aromatic rings. The van der Waals surface area contributed by atoms with Crippen molar-refractivity contribution in [2.45, 2.75) is 51.2 Å². The van der Waals surface area contributed by atoms with Crippen molar-refractivity contribution in [3.8, 4) is 5.75 Å². The summed E-state index contributed by atoms with van der Waals surface area (Å²) < 4.78 is 11.3. The fourth-order valence-corrected chi connectivity index (χ4v) is 2.98. The highest BCUT2D eigenvalue weighted by Gasteiger charge is 2.46. The van der Waals surface area contributed by atoms with E-state index in [2.05, 4.69) is 17.1 Å². The van der Waals surface area contributed by atoms with Crippen molar-refractivity contribution in [2.75, 3.05) is 0 Å². The van der Waals surface area contributed by atoms with Crippen LogP contribution in [0.5, 0.6) is 5.75 Å². The highest BCUT2D eigenvalue weighted by atomic mass is 16.5. The summed E-state index contributed by atoms with van der Waals surface area (Å²) in [5, 5.41) is 4.13. The largest absolute Gasteiger partial charge is 0.487 e. The van der Waals surface area contributed by atoms with E-state index in [0.717, 1.165) is 24.2 Å². The van der Waals surface area contributed by atoms with Gasteiger partial charge in [-0.2, -0.15) is 4.98 Å². The van der Waals surface area contributed by atoms with Crippen LogP contribution in [0.4, 0.5) is 0 Å². The van der Waals surface area contributed by atoms with Crippen LogP contribution in [0.3, 0.4) is 0 Å².